The molecule has 0 aromatic heterocycles. The molecule has 0 fully saturated rings. The Balaban J connectivity index is 2.71. The molecule has 0 spiro atoms. The number of rotatable bonds is 0. The summed E-state index contributed by atoms with van der Waals surface area (Å²) < 4.78 is 0. The highest BCUT2D eigenvalue weighted by molar-refractivity contribution is 6.32. The van der Waals surface area contributed by atoms with Gasteiger partial charge in [0.05, 0.1) is 11.4 Å². The molecular formula is C10H8ClN2O+. The van der Waals surface area contributed by atoms with E-state index in [4.69, 9.17) is 17.0 Å². The Bertz CT molecular complexity index is 486. The van der Waals surface area contributed by atoms with Crippen LogP contribution < -0.4 is 0 Å². The highest BCUT2D eigenvalue weighted by atomic mass is 35.5. The van der Waals surface area contributed by atoms with E-state index in [9.17, 15) is 5.11 Å². The fourth-order valence-corrected chi connectivity index (χ4v) is 1.95. The molecule has 0 bridgehead atoms. The van der Waals surface area contributed by atoms with E-state index in [2.05, 4.69) is 4.98 Å². The molecule has 0 heterocycles. The second kappa shape index (κ2) is 3.00. The predicted octanol–water partition coefficient (Wildman–Crippen LogP) is 3.28. The number of aryl methyl sites for hydroxylation is 1. The Morgan fingerprint density at radius 1 is 1.50 bits per heavy atom. The Kier molecular flexibility index (Phi) is 1.94. The van der Waals surface area contributed by atoms with Crippen LogP contribution >= 0.6 is 11.6 Å². The van der Waals surface area contributed by atoms with Gasteiger partial charge in [0.25, 0.3) is 0 Å². The first-order chi connectivity index (χ1) is 6.65. The van der Waals surface area contributed by atoms with Crippen molar-refractivity contribution in [3.05, 3.63) is 44.5 Å². The second-order valence-corrected chi connectivity index (χ2v) is 3.70. The molecule has 0 atom stereocenters. The minimum Gasteiger partial charge on any atom is -0.501 e. The SMILES string of the molecule is Cc1ccc(Cl)c2c1CC([N+]#N)=C2O. The van der Waals surface area contributed by atoms with Crippen LogP contribution in [0.25, 0.3) is 10.7 Å². The highest BCUT2D eigenvalue weighted by Crippen LogP contribution is 2.38. The number of diazo groups is 1. The number of aliphatic hydroxyl groups is 1. The topological polar surface area (TPSA) is 48.4 Å². The third-order valence-corrected chi connectivity index (χ3v) is 2.79. The van der Waals surface area contributed by atoms with Crippen molar-refractivity contribution in [2.45, 2.75) is 13.3 Å². The van der Waals surface area contributed by atoms with Crippen molar-refractivity contribution >= 4 is 17.4 Å². The Morgan fingerprint density at radius 3 is 2.79 bits per heavy atom. The molecule has 1 aliphatic carbocycles. The molecule has 70 valence electrons. The fourth-order valence-electron chi connectivity index (χ4n) is 1.69. The van der Waals surface area contributed by atoms with Gasteiger partial charge in [-0.25, -0.2) is 0 Å². The first-order valence-electron chi connectivity index (χ1n) is 4.20. The maximum atomic E-state index is 9.69. The number of halogens is 1. The molecule has 3 nitrogen and oxygen atoms in total. The lowest BCUT2D eigenvalue weighted by Gasteiger charge is -2.04. The molecule has 0 saturated carbocycles. The van der Waals surface area contributed by atoms with Gasteiger partial charge in [-0.15, -0.1) is 0 Å². The first kappa shape index (κ1) is 9.04. The van der Waals surface area contributed by atoms with Gasteiger partial charge in [-0.2, -0.15) is 0 Å². The molecule has 0 aliphatic heterocycles. The lowest BCUT2D eigenvalue weighted by Crippen LogP contribution is -1.89. The average molecular weight is 208 g/mol. The average Bonchev–Trinajstić information content (AvgIpc) is 2.51. The molecule has 0 radical (unpaired) electrons. The number of hydrogen-bond acceptors (Lipinski definition) is 2. The van der Waals surface area contributed by atoms with Gasteiger partial charge in [-0.05, 0) is 24.1 Å². The van der Waals surface area contributed by atoms with Gasteiger partial charge in [-0.1, -0.05) is 17.7 Å². The van der Waals surface area contributed by atoms with Crippen molar-refractivity contribution in [2.24, 2.45) is 0 Å². The van der Waals surface area contributed by atoms with Crippen LogP contribution in [0, 0.1) is 12.3 Å². The summed E-state index contributed by atoms with van der Waals surface area (Å²) in [5.41, 5.74) is 2.84. The summed E-state index contributed by atoms with van der Waals surface area (Å²) in [5, 5.41) is 18.8. The normalized spacial score (nSPS) is 14.1. The minimum atomic E-state index is -0.0174. The van der Waals surface area contributed by atoms with Gasteiger partial charge in [0.1, 0.15) is 0 Å². The summed E-state index contributed by atoms with van der Waals surface area (Å²) in [6.07, 6.45) is 0.435. The fraction of sp³-hybridized carbons (Fsp3) is 0.200. The molecule has 1 aromatic rings. The van der Waals surface area contributed by atoms with Crippen LogP contribution in [0.1, 0.15) is 16.7 Å². The van der Waals surface area contributed by atoms with Crippen LogP contribution in [0.5, 0.6) is 0 Å². The highest BCUT2D eigenvalue weighted by Gasteiger charge is 2.33. The minimum absolute atomic E-state index is 0.0174. The van der Waals surface area contributed by atoms with Gasteiger partial charge < -0.3 is 5.11 Å². The smallest absolute Gasteiger partial charge is 0.407 e. The molecule has 4 heteroatoms. The van der Waals surface area contributed by atoms with Crippen LogP contribution in [0.15, 0.2) is 17.8 Å². The van der Waals surface area contributed by atoms with Crippen molar-refractivity contribution in [1.29, 1.82) is 5.39 Å². The summed E-state index contributed by atoms with van der Waals surface area (Å²) in [7, 11) is 0. The summed E-state index contributed by atoms with van der Waals surface area (Å²) >= 11 is 5.94. The first-order valence-corrected chi connectivity index (χ1v) is 4.58. The van der Waals surface area contributed by atoms with E-state index < -0.39 is 0 Å². The maximum absolute atomic E-state index is 9.69. The van der Waals surface area contributed by atoms with Gasteiger partial charge in [-0.3, -0.25) is 0 Å². The van der Waals surface area contributed by atoms with E-state index in [0.717, 1.165) is 11.1 Å². The standard InChI is InChI=1S/C10H7ClN2O/c1-5-2-3-7(11)9-6(5)4-8(13-12)10(9)14/h2-3H,4H2,1H3/p+1. The van der Waals surface area contributed by atoms with Crippen molar-refractivity contribution in [3.8, 4) is 0 Å². The van der Waals surface area contributed by atoms with Crippen molar-refractivity contribution < 1.29 is 5.11 Å². The second-order valence-electron chi connectivity index (χ2n) is 3.29. The Labute approximate surface area is 86.3 Å². The van der Waals surface area contributed by atoms with Crippen LogP contribution in [0.3, 0.4) is 0 Å². The summed E-state index contributed by atoms with van der Waals surface area (Å²) in [4.78, 5) is 3.04. The zero-order chi connectivity index (χ0) is 10.3. The van der Waals surface area contributed by atoms with E-state index in [1.165, 1.54) is 0 Å². The molecule has 2 rings (SSSR count). The molecule has 1 aromatic carbocycles. The van der Waals surface area contributed by atoms with Crippen LogP contribution in [-0.4, -0.2) is 5.11 Å². The summed E-state index contributed by atoms with van der Waals surface area (Å²) in [6, 6.07) is 3.61. The molecule has 1 N–H and O–H groups in total. The van der Waals surface area contributed by atoms with Crippen molar-refractivity contribution in [1.82, 2.24) is 0 Å². The van der Waals surface area contributed by atoms with Gasteiger partial charge in [0.2, 0.25) is 11.2 Å². The zero-order valence-electron chi connectivity index (χ0n) is 7.58. The molecule has 0 amide bonds. The van der Waals surface area contributed by atoms with Crippen molar-refractivity contribution in [2.75, 3.05) is 0 Å². The maximum Gasteiger partial charge on any atom is 0.407 e. The summed E-state index contributed by atoms with van der Waals surface area (Å²) in [5.74, 6) is -0.0174. The Morgan fingerprint density at radius 2 is 2.21 bits per heavy atom. The quantitative estimate of drug-likeness (QED) is 0.664. The predicted molar refractivity (Wildman–Crippen MR) is 54.5 cm³/mol. The number of nitrogens with zero attached hydrogens (tertiary/aromatic N) is 2. The number of benzene rings is 1. The zero-order valence-corrected chi connectivity index (χ0v) is 8.34. The lowest BCUT2D eigenvalue weighted by atomic mass is 10.0. The summed E-state index contributed by atoms with van der Waals surface area (Å²) in [6.45, 7) is 1.93. The number of aliphatic hydroxyl groups excluding tert-OH is 1. The third-order valence-electron chi connectivity index (χ3n) is 2.47. The molecule has 14 heavy (non-hydrogen) atoms. The van der Waals surface area contributed by atoms with Crippen LogP contribution in [0.4, 0.5) is 0 Å². The van der Waals surface area contributed by atoms with Crippen molar-refractivity contribution in [3.63, 3.8) is 0 Å². The van der Waals surface area contributed by atoms with Gasteiger partial charge in [0, 0.05) is 5.56 Å². The largest absolute Gasteiger partial charge is 0.501 e. The van der Waals surface area contributed by atoms with E-state index in [-0.39, 0.29) is 11.5 Å². The van der Waals surface area contributed by atoms with Crippen LogP contribution in [-0.2, 0) is 6.42 Å². The molecule has 0 unspecified atom stereocenters. The number of allylic oxidation sites excluding steroid dienone is 1. The van der Waals surface area contributed by atoms with Gasteiger partial charge >= 0.3 is 5.70 Å². The van der Waals surface area contributed by atoms with E-state index in [1.807, 2.05) is 13.0 Å². The molecule has 1 aliphatic rings. The number of hydrogen-bond donors (Lipinski definition) is 1. The molecular weight excluding hydrogens is 200 g/mol. The van der Waals surface area contributed by atoms with E-state index >= 15 is 0 Å². The third kappa shape index (κ3) is 1.08. The van der Waals surface area contributed by atoms with E-state index in [0.29, 0.717) is 17.0 Å². The Hall–Kier alpha value is -1.53. The van der Waals surface area contributed by atoms with E-state index in [1.54, 1.807) is 6.07 Å². The lowest BCUT2D eigenvalue weighted by molar-refractivity contribution is 0.510. The molecule has 0 saturated heterocycles. The number of fused-ring (bicyclic) bond motifs is 1. The van der Waals surface area contributed by atoms with Gasteiger partial charge in [0.15, 0.2) is 4.98 Å². The monoisotopic (exact) mass is 207 g/mol. The van der Waals surface area contributed by atoms with Crippen LogP contribution in [0.2, 0.25) is 5.02 Å².